The first kappa shape index (κ1) is 17.0. The summed E-state index contributed by atoms with van der Waals surface area (Å²) in [5.41, 5.74) is 3.93. The van der Waals surface area contributed by atoms with Crippen LogP contribution in [0.1, 0.15) is 16.8 Å². The van der Waals surface area contributed by atoms with Gasteiger partial charge in [0.05, 0.1) is 16.3 Å². The molecule has 1 N–H and O–H groups in total. The Labute approximate surface area is 154 Å². The number of benzene rings is 2. The molecule has 1 aliphatic rings. The van der Waals surface area contributed by atoms with E-state index in [1.54, 1.807) is 12.1 Å². The summed E-state index contributed by atoms with van der Waals surface area (Å²) in [7, 11) is 0. The van der Waals surface area contributed by atoms with E-state index in [1.165, 1.54) is 24.3 Å². The van der Waals surface area contributed by atoms with Crippen LogP contribution in [-0.2, 0) is 13.0 Å². The third kappa shape index (κ3) is 2.86. The van der Waals surface area contributed by atoms with Crippen molar-refractivity contribution in [1.82, 2.24) is 4.98 Å². The van der Waals surface area contributed by atoms with E-state index in [9.17, 15) is 13.2 Å². The average Bonchev–Trinajstić information content (AvgIpc) is 3.00. The second-order valence-electron chi connectivity index (χ2n) is 6.51. The van der Waals surface area contributed by atoms with Gasteiger partial charge < -0.3 is 9.88 Å². The minimum atomic E-state index is -0.601. The Morgan fingerprint density at radius 3 is 2.50 bits per heavy atom. The maximum Gasteiger partial charge on any atom is 0.143 e. The van der Waals surface area contributed by atoms with Crippen molar-refractivity contribution in [1.29, 1.82) is 0 Å². The number of halogens is 4. The first-order valence-corrected chi connectivity index (χ1v) is 8.67. The molecule has 2 heterocycles. The molecule has 4 rings (SSSR count). The molecular formula is C20H16ClF3N2. The van der Waals surface area contributed by atoms with Crippen molar-refractivity contribution < 1.29 is 13.2 Å². The van der Waals surface area contributed by atoms with Gasteiger partial charge in [0.1, 0.15) is 17.5 Å². The van der Waals surface area contributed by atoms with Gasteiger partial charge in [0.15, 0.2) is 0 Å². The number of aromatic amines is 1. The molecule has 6 heteroatoms. The molecule has 0 amide bonds. The zero-order valence-corrected chi connectivity index (χ0v) is 14.8. The largest absolute Gasteiger partial charge is 0.366 e. The van der Waals surface area contributed by atoms with Crippen molar-refractivity contribution in [2.45, 2.75) is 19.9 Å². The second-order valence-corrected chi connectivity index (χ2v) is 6.92. The van der Waals surface area contributed by atoms with Crippen molar-refractivity contribution in [3.05, 3.63) is 75.7 Å². The van der Waals surface area contributed by atoms with Crippen LogP contribution in [0.4, 0.5) is 18.9 Å². The highest BCUT2D eigenvalue weighted by atomic mass is 35.5. The number of aryl methyl sites for hydroxylation is 1. The zero-order chi connectivity index (χ0) is 18.4. The normalized spacial score (nSPS) is 13.8. The summed E-state index contributed by atoms with van der Waals surface area (Å²) < 4.78 is 42.0. The molecule has 0 atom stereocenters. The number of nitrogens with zero attached hydrogens (tertiary/aromatic N) is 1. The van der Waals surface area contributed by atoms with Crippen molar-refractivity contribution in [3.63, 3.8) is 0 Å². The molecule has 2 nitrogen and oxygen atoms in total. The number of aromatic nitrogens is 1. The number of anilines is 1. The van der Waals surface area contributed by atoms with Crippen molar-refractivity contribution in [2.24, 2.45) is 0 Å². The van der Waals surface area contributed by atoms with E-state index >= 15 is 0 Å². The summed E-state index contributed by atoms with van der Waals surface area (Å²) in [5.74, 6) is -1.66. The standard InChI is InChI=1S/C20H16ClF3N2/c1-11-7-13(21)16(24)9-19(11)26-6-5-17-12(10-26)8-18(25-17)20-14(22)3-2-4-15(20)23/h2-4,7-9,25H,5-6,10H2,1H3. The Hall–Kier alpha value is -2.40. The lowest BCUT2D eigenvalue weighted by atomic mass is 10.0. The van der Waals surface area contributed by atoms with Crippen LogP contribution in [0.2, 0.25) is 5.02 Å². The highest BCUT2D eigenvalue weighted by Crippen LogP contribution is 2.33. The van der Waals surface area contributed by atoms with Crippen LogP contribution in [-0.4, -0.2) is 11.5 Å². The molecule has 0 fully saturated rings. The number of rotatable bonds is 2. The van der Waals surface area contributed by atoms with Crippen molar-refractivity contribution in [3.8, 4) is 11.3 Å². The van der Waals surface area contributed by atoms with Gasteiger partial charge in [-0.3, -0.25) is 0 Å². The molecule has 0 aliphatic carbocycles. The fourth-order valence-electron chi connectivity index (χ4n) is 3.51. The Kier molecular flexibility index (Phi) is 4.19. The van der Waals surface area contributed by atoms with Crippen LogP contribution in [0.15, 0.2) is 36.4 Å². The summed E-state index contributed by atoms with van der Waals surface area (Å²) in [4.78, 5) is 5.18. The van der Waals surface area contributed by atoms with Crippen LogP contribution >= 0.6 is 11.6 Å². The van der Waals surface area contributed by atoms with Gasteiger partial charge in [-0.2, -0.15) is 0 Å². The fourth-order valence-corrected chi connectivity index (χ4v) is 3.73. The molecular weight excluding hydrogens is 361 g/mol. The molecule has 0 saturated carbocycles. The predicted molar refractivity (Wildman–Crippen MR) is 97.0 cm³/mol. The zero-order valence-electron chi connectivity index (χ0n) is 14.0. The van der Waals surface area contributed by atoms with E-state index < -0.39 is 17.5 Å². The molecule has 1 aliphatic heterocycles. The molecule has 1 aromatic heterocycles. The summed E-state index contributed by atoms with van der Waals surface area (Å²) in [5, 5.41) is 0.0999. The van der Waals surface area contributed by atoms with E-state index in [-0.39, 0.29) is 10.6 Å². The van der Waals surface area contributed by atoms with Crippen LogP contribution < -0.4 is 4.90 Å². The van der Waals surface area contributed by atoms with E-state index in [0.717, 1.165) is 22.5 Å². The van der Waals surface area contributed by atoms with Gasteiger partial charge in [-0.15, -0.1) is 0 Å². The monoisotopic (exact) mass is 376 g/mol. The number of nitrogens with one attached hydrogen (secondary N) is 1. The van der Waals surface area contributed by atoms with Crippen LogP contribution in [0.25, 0.3) is 11.3 Å². The highest BCUT2D eigenvalue weighted by molar-refractivity contribution is 6.30. The van der Waals surface area contributed by atoms with E-state index in [4.69, 9.17) is 11.6 Å². The molecule has 0 radical (unpaired) electrons. The number of fused-ring (bicyclic) bond motifs is 1. The topological polar surface area (TPSA) is 19.0 Å². The third-order valence-electron chi connectivity index (χ3n) is 4.80. The van der Waals surface area contributed by atoms with Gasteiger partial charge in [0.2, 0.25) is 0 Å². The molecule has 0 bridgehead atoms. The Balaban J connectivity index is 1.69. The molecule has 0 spiro atoms. The first-order valence-electron chi connectivity index (χ1n) is 8.30. The van der Waals surface area contributed by atoms with Gasteiger partial charge in [0.25, 0.3) is 0 Å². The van der Waals surface area contributed by atoms with Crippen LogP contribution in [0, 0.1) is 24.4 Å². The van der Waals surface area contributed by atoms with Crippen LogP contribution in [0.3, 0.4) is 0 Å². The van der Waals surface area contributed by atoms with E-state index in [0.29, 0.717) is 25.2 Å². The van der Waals surface area contributed by atoms with Gasteiger partial charge >= 0.3 is 0 Å². The Morgan fingerprint density at radius 1 is 1.04 bits per heavy atom. The smallest absolute Gasteiger partial charge is 0.143 e. The lowest BCUT2D eigenvalue weighted by Gasteiger charge is -2.30. The van der Waals surface area contributed by atoms with Crippen molar-refractivity contribution >= 4 is 17.3 Å². The maximum absolute atomic E-state index is 14.1. The average molecular weight is 377 g/mol. The molecule has 0 saturated heterocycles. The van der Waals surface area contributed by atoms with Crippen molar-refractivity contribution in [2.75, 3.05) is 11.4 Å². The summed E-state index contributed by atoms with van der Waals surface area (Å²) in [6.45, 7) is 3.09. The van der Waals surface area contributed by atoms with E-state index in [1.807, 2.05) is 11.8 Å². The molecule has 26 heavy (non-hydrogen) atoms. The Bertz CT molecular complexity index is 977. The van der Waals surface area contributed by atoms with Gasteiger partial charge in [0, 0.05) is 30.9 Å². The maximum atomic E-state index is 14.1. The molecule has 2 aromatic carbocycles. The van der Waals surface area contributed by atoms with Gasteiger partial charge in [-0.25, -0.2) is 13.2 Å². The molecule has 0 unspecified atom stereocenters. The first-order chi connectivity index (χ1) is 12.4. The molecule has 134 valence electrons. The van der Waals surface area contributed by atoms with Crippen LogP contribution in [0.5, 0.6) is 0 Å². The lowest BCUT2D eigenvalue weighted by molar-refractivity contribution is 0.589. The lowest BCUT2D eigenvalue weighted by Crippen LogP contribution is -2.30. The summed E-state index contributed by atoms with van der Waals surface area (Å²) in [6.07, 6.45) is 0.676. The highest BCUT2D eigenvalue weighted by Gasteiger charge is 2.23. The number of hydrogen-bond acceptors (Lipinski definition) is 1. The SMILES string of the molecule is Cc1cc(Cl)c(F)cc1N1CCc2[nH]c(-c3c(F)cccc3F)cc2C1. The minimum Gasteiger partial charge on any atom is -0.366 e. The number of hydrogen-bond donors (Lipinski definition) is 1. The van der Waals surface area contributed by atoms with Gasteiger partial charge in [-0.05, 0) is 48.4 Å². The summed E-state index contributed by atoms with van der Waals surface area (Å²) in [6, 6.07) is 8.64. The fraction of sp³-hybridized carbons (Fsp3) is 0.200. The predicted octanol–water partition coefficient (Wildman–Crippen LogP) is 5.62. The summed E-state index contributed by atoms with van der Waals surface area (Å²) >= 11 is 5.84. The minimum absolute atomic E-state index is 0.0535. The molecule has 3 aromatic rings. The quantitative estimate of drug-likeness (QED) is 0.614. The Morgan fingerprint density at radius 2 is 1.77 bits per heavy atom. The van der Waals surface area contributed by atoms with Gasteiger partial charge in [-0.1, -0.05) is 17.7 Å². The second kappa shape index (κ2) is 6.40. The van der Waals surface area contributed by atoms with E-state index in [2.05, 4.69) is 4.98 Å². The number of H-pyrrole nitrogens is 1. The third-order valence-corrected chi connectivity index (χ3v) is 5.09.